The van der Waals surface area contributed by atoms with E-state index >= 15 is 0 Å². The minimum Gasteiger partial charge on any atom is -0.444 e. The summed E-state index contributed by atoms with van der Waals surface area (Å²) in [5.41, 5.74) is 6.23. The number of amides is 1. The first-order chi connectivity index (χ1) is 10.7. The third kappa shape index (κ3) is 5.08. The van der Waals surface area contributed by atoms with E-state index in [4.69, 9.17) is 22.1 Å². The Bertz CT molecular complexity index is 574. The van der Waals surface area contributed by atoms with Crippen LogP contribution in [0.5, 0.6) is 0 Å². The summed E-state index contributed by atoms with van der Waals surface area (Å²) in [5, 5.41) is 0.496. The van der Waals surface area contributed by atoms with Crippen molar-refractivity contribution in [2.45, 2.75) is 45.3 Å². The largest absolute Gasteiger partial charge is 0.444 e. The van der Waals surface area contributed by atoms with Crippen molar-refractivity contribution in [2.24, 2.45) is 11.7 Å². The first kappa shape index (κ1) is 18.0. The number of nitrogens with two attached hydrogens (primary N) is 1. The van der Waals surface area contributed by atoms with Crippen molar-refractivity contribution in [3.8, 4) is 0 Å². The van der Waals surface area contributed by atoms with E-state index in [1.54, 1.807) is 11.0 Å². The number of nitrogens with zero attached hydrogens (tertiary/aromatic N) is 1. The van der Waals surface area contributed by atoms with Crippen LogP contribution in [0.15, 0.2) is 18.2 Å². The lowest BCUT2D eigenvalue weighted by atomic mass is 9.93. The molecule has 6 heteroatoms. The van der Waals surface area contributed by atoms with Gasteiger partial charge >= 0.3 is 6.09 Å². The molecule has 1 saturated heterocycles. The molecular formula is C17H24ClFN2O2. The number of carbonyl (C=O) groups excluding carboxylic acids is 1. The molecule has 0 saturated carbocycles. The minimum atomic E-state index is -0.513. The van der Waals surface area contributed by atoms with Gasteiger partial charge in [0, 0.05) is 24.2 Å². The average molecular weight is 343 g/mol. The summed E-state index contributed by atoms with van der Waals surface area (Å²) in [6.45, 7) is 6.67. The van der Waals surface area contributed by atoms with Crippen LogP contribution in [-0.2, 0) is 11.2 Å². The molecule has 1 amide bonds. The molecule has 4 nitrogen and oxygen atoms in total. The Labute approximate surface area is 141 Å². The lowest BCUT2D eigenvalue weighted by Gasteiger charge is -2.25. The normalized spacial score (nSPS) is 19.7. The molecule has 1 fully saturated rings. The average Bonchev–Trinajstić information content (AvgIpc) is 2.91. The summed E-state index contributed by atoms with van der Waals surface area (Å²) in [6.07, 6.45) is 0.878. The van der Waals surface area contributed by atoms with Crippen LogP contribution >= 0.6 is 11.6 Å². The van der Waals surface area contributed by atoms with Gasteiger partial charge in [-0.05, 0) is 63.3 Å². The molecule has 0 spiro atoms. The number of halogens is 2. The first-order valence-corrected chi connectivity index (χ1v) is 8.21. The van der Waals surface area contributed by atoms with Crippen LogP contribution in [-0.4, -0.2) is 35.7 Å². The molecule has 23 heavy (non-hydrogen) atoms. The topological polar surface area (TPSA) is 55.6 Å². The number of carbonyl (C=O) groups is 1. The number of hydrogen-bond donors (Lipinski definition) is 1. The Kier molecular flexibility index (Phi) is 5.53. The van der Waals surface area contributed by atoms with Gasteiger partial charge in [0.05, 0.1) is 0 Å². The van der Waals surface area contributed by atoms with E-state index in [9.17, 15) is 9.18 Å². The number of benzene rings is 1. The third-order valence-corrected chi connectivity index (χ3v) is 4.18. The van der Waals surface area contributed by atoms with Crippen LogP contribution in [0, 0.1) is 11.7 Å². The summed E-state index contributed by atoms with van der Waals surface area (Å²) in [7, 11) is 0. The van der Waals surface area contributed by atoms with Crippen LogP contribution in [0.2, 0.25) is 5.02 Å². The van der Waals surface area contributed by atoms with E-state index in [0.717, 1.165) is 6.42 Å². The van der Waals surface area contributed by atoms with E-state index in [0.29, 0.717) is 30.1 Å². The summed E-state index contributed by atoms with van der Waals surface area (Å²) in [4.78, 5) is 13.7. The van der Waals surface area contributed by atoms with Crippen LogP contribution in [0.25, 0.3) is 0 Å². The molecule has 2 rings (SSSR count). The second kappa shape index (κ2) is 7.05. The van der Waals surface area contributed by atoms with Gasteiger partial charge in [-0.2, -0.15) is 0 Å². The highest BCUT2D eigenvalue weighted by atomic mass is 35.5. The van der Waals surface area contributed by atoms with Gasteiger partial charge in [-0.3, -0.25) is 0 Å². The molecule has 1 aliphatic rings. The standard InChI is InChI=1S/C17H24ClFN2O2/c1-17(2,3)23-16(22)21-7-6-11(10-21)15(20)9-12-8-13(18)4-5-14(12)19/h4-5,8,11,15H,6-7,9-10,20H2,1-3H3. The van der Waals surface area contributed by atoms with Gasteiger partial charge < -0.3 is 15.4 Å². The van der Waals surface area contributed by atoms with Gasteiger partial charge in [0.25, 0.3) is 0 Å². The Morgan fingerprint density at radius 1 is 1.52 bits per heavy atom. The van der Waals surface area contributed by atoms with Crippen LogP contribution in [0.3, 0.4) is 0 Å². The summed E-state index contributed by atoms with van der Waals surface area (Å²) < 4.78 is 19.2. The van der Waals surface area contributed by atoms with E-state index in [1.165, 1.54) is 12.1 Å². The van der Waals surface area contributed by atoms with Gasteiger partial charge in [-0.25, -0.2) is 9.18 Å². The molecule has 1 heterocycles. The van der Waals surface area contributed by atoms with Crippen molar-refractivity contribution in [1.29, 1.82) is 0 Å². The van der Waals surface area contributed by atoms with Gasteiger partial charge in [0.2, 0.25) is 0 Å². The predicted octanol–water partition coefficient (Wildman–Crippen LogP) is 3.61. The second-order valence-corrected chi connectivity index (χ2v) is 7.52. The van der Waals surface area contributed by atoms with Crippen LogP contribution in [0.4, 0.5) is 9.18 Å². The molecule has 1 aromatic carbocycles. The van der Waals surface area contributed by atoms with E-state index in [-0.39, 0.29) is 23.9 Å². The molecule has 0 bridgehead atoms. The maximum atomic E-state index is 13.8. The quantitative estimate of drug-likeness (QED) is 0.913. The van der Waals surface area contributed by atoms with Gasteiger partial charge in [0.15, 0.2) is 0 Å². The molecule has 0 aliphatic carbocycles. The Hall–Kier alpha value is -1.33. The molecule has 2 atom stereocenters. The van der Waals surface area contributed by atoms with Crippen molar-refractivity contribution in [2.75, 3.05) is 13.1 Å². The fourth-order valence-corrected chi connectivity index (χ4v) is 2.94. The zero-order valence-corrected chi connectivity index (χ0v) is 14.6. The highest BCUT2D eigenvalue weighted by molar-refractivity contribution is 6.30. The lowest BCUT2D eigenvalue weighted by molar-refractivity contribution is 0.0286. The Morgan fingerprint density at radius 2 is 2.22 bits per heavy atom. The van der Waals surface area contributed by atoms with E-state index < -0.39 is 5.60 Å². The molecule has 1 aliphatic heterocycles. The molecule has 128 valence electrons. The minimum absolute atomic E-state index is 0.126. The van der Waals surface area contributed by atoms with Crippen LogP contribution < -0.4 is 5.73 Å². The summed E-state index contributed by atoms with van der Waals surface area (Å²) in [6, 6.07) is 4.25. The number of hydrogen-bond acceptors (Lipinski definition) is 3. The molecule has 0 radical (unpaired) electrons. The summed E-state index contributed by atoms with van der Waals surface area (Å²) >= 11 is 5.91. The number of rotatable bonds is 3. The second-order valence-electron chi connectivity index (χ2n) is 7.08. The highest BCUT2D eigenvalue weighted by Crippen LogP contribution is 2.24. The van der Waals surface area contributed by atoms with Crippen molar-refractivity contribution >= 4 is 17.7 Å². The third-order valence-electron chi connectivity index (χ3n) is 3.95. The molecule has 1 aromatic rings. The molecule has 2 N–H and O–H groups in total. The van der Waals surface area contributed by atoms with Crippen molar-refractivity contribution < 1.29 is 13.9 Å². The molecular weight excluding hydrogens is 319 g/mol. The summed E-state index contributed by atoms with van der Waals surface area (Å²) in [5.74, 6) is -0.173. The van der Waals surface area contributed by atoms with E-state index in [2.05, 4.69) is 0 Å². The SMILES string of the molecule is CC(C)(C)OC(=O)N1CCC(C(N)Cc2cc(Cl)ccc2F)C1. The van der Waals surface area contributed by atoms with Crippen LogP contribution in [0.1, 0.15) is 32.8 Å². The van der Waals surface area contributed by atoms with Crippen molar-refractivity contribution in [3.63, 3.8) is 0 Å². The van der Waals surface area contributed by atoms with Crippen molar-refractivity contribution in [1.82, 2.24) is 4.90 Å². The van der Waals surface area contributed by atoms with Gasteiger partial charge in [0.1, 0.15) is 11.4 Å². The van der Waals surface area contributed by atoms with E-state index in [1.807, 2.05) is 20.8 Å². The van der Waals surface area contributed by atoms with Gasteiger partial charge in [-0.1, -0.05) is 11.6 Å². The fraction of sp³-hybridized carbons (Fsp3) is 0.588. The smallest absolute Gasteiger partial charge is 0.410 e. The van der Waals surface area contributed by atoms with Gasteiger partial charge in [-0.15, -0.1) is 0 Å². The molecule has 2 unspecified atom stereocenters. The fourth-order valence-electron chi connectivity index (χ4n) is 2.75. The maximum Gasteiger partial charge on any atom is 0.410 e. The maximum absolute atomic E-state index is 13.8. The zero-order chi connectivity index (χ0) is 17.2. The monoisotopic (exact) mass is 342 g/mol. The Balaban J connectivity index is 1.93. The number of likely N-dealkylation sites (tertiary alicyclic amines) is 1. The lowest BCUT2D eigenvalue weighted by Crippen LogP contribution is -2.38. The zero-order valence-electron chi connectivity index (χ0n) is 13.8. The number of ether oxygens (including phenoxy) is 1. The highest BCUT2D eigenvalue weighted by Gasteiger charge is 2.32. The Morgan fingerprint density at radius 3 is 2.87 bits per heavy atom. The molecule has 0 aromatic heterocycles. The first-order valence-electron chi connectivity index (χ1n) is 7.83. The van der Waals surface area contributed by atoms with Crippen molar-refractivity contribution in [3.05, 3.63) is 34.6 Å². The predicted molar refractivity (Wildman–Crippen MR) is 89.0 cm³/mol.